The Morgan fingerprint density at radius 1 is 1.38 bits per heavy atom. The number of nitrogens with one attached hydrogen (secondary N) is 1. The first-order valence-corrected chi connectivity index (χ1v) is 7.33. The zero-order chi connectivity index (χ0) is 15.4. The van der Waals surface area contributed by atoms with Crippen LogP contribution in [0.5, 0.6) is 0 Å². The lowest BCUT2D eigenvalue weighted by molar-refractivity contribution is -0.142. The Kier molecular flexibility index (Phi) is 5.19. The molecular weight excluding hydrogens is 340 g/mol. The number of nitrogens with zero attached hydrogens (tertiary/aromatic N) is 1. The van der Waals surface area contributed by atoms with E-state index in [2.05, 4.69) is 21.2 Å². The molecule has 1 aliphatic rings. The standard InChI is InChI=1S/C14H17BrN2O4/c1-17(6-9-2-4-10(15)5-3-9)14(20)16-12-8-21-7-11(12)13(18)19/h2-5,11-12H,6-8H2,1H3,(H,16,20)(H,18,19). The monoisotopic (exact) mass is 356 g/mol. The molecule has 0 aliphatic carbocycles. The molecule has 1 aromatic rings. The third kappa shape index (κ3) is 4.18. The third-order valence-electron chi connectivity index (χ3n) is 3.39. The van der Waals surface area contributed by atoms with Crippen LogP contribution in [-0.2, 0) is 16.1 Å². The summed E-state index contributed by atoms with van der Waals surface area (Å²) in [5, 5.41) is 11.8. The number of halogens is 1. The number of carbonyl (C=O) groups excluding carboxylic acids is 1. The van der Waals surface area contributed by atoms with Crippen LogP contribution in [0.25, 0.3) is 0 Å². The third-order valence-corrected chi connectivity index (χ3v) is 3.91. The molecule has 114 valence electrons. The van der Waals surface area contributed by atoms with Gasteiger partial charge in [-0.15, -0.1) is 0 Å². The van der Waals surface area contributed by atoms with Gasteiger partial charge < -0.3 is 20.1 Å². The van der Waals surface area contributed by atoms with Gasteiger partial charge in [-0.05, 0) is 17.7 Å². The Morgan fingerprint density at radius 2 is 2.05 bits per heavy atom. The molecule has 1 fully saturated rings. The maximum absolute atomic E-state index is 12.1. The van der Waals surface area contributed by atoms with Crippen molar-refractivity contribution in [1.82, 2.24) is 10.2 Å². The van der Waals surface area contributed by atoms with Crippen molar-refractivity contribution < 1.29 is 19.4 Å². The highest BCUT2D eigenvalue weighted by Gasteiger charge is 2.35. The number of carboxylic acids is 1. The quantitative estimate of drug-likeness (QED) is 0.860. The van der Waals surface area contributed by atoms with Crippen molar-refractivity contribution in [3.05, 3.63) is 34.3 Å². The molecule has 7 heteroatoms. The van der Waals surface area contributed by atoms with E-state index in [4.69, 9.17) is 9.84 Å². The maximum Gasteiger partial charge on any atom is 0.317 e. The number of aliphatic carboxylic acids is 1. The molecule has 1 heterocycles. The summed E-state index contributed by atoms with van der Waals surface area (Å²) in [5.41, 5.74) is 0.994. The highest BCUT2D eigenvalue weighted by molar-refractivity contribution is 9.10. The van der Waals surface area contributed by atoms with Gasteiger partial charge in [-0.2, -0.15) is 0 Å². The second-order valence-corrected chi connectivity index (χ2v) is 5.94. The van der Waals surface area contributed by atoms with Gasteiger partial charge in [0.15, 0.2) is 0 Å². The minimum atomic E-state index is -0.951. The number of ether oxygens (including phenoxy) is 1. The van der Waals surface area contributed by atoms with Crippen molar-refractivity contribution in [2.24, 2.45) is 5.92 Å². The van der Waals surface area contributed by atoms with Gasteiger partial charge in [0, 0.05) is 18.1 Å². The fourth-order valence-electron chi connectivity index (χ4n) is 2.14. The van der Waals surface area contributed by atoms with Crippen molar-refractivity contribution in [3.8, 4) is 0 Å². The van der Waals surface area contributed by atoms with Gasteiger partial charge in [0.2, 0.25) is 0 Å². The zero-order valence-corrected chi connectivity index (χ0v) is 13.2. The molecule has 0 bridgehead atoms. The normalized spacial score (nSPS) is 21.0. The molecule has 6 nitrogen and oxygen atoms in total. The molecule has 1 saturated heterocycles. The molecule has 1 aromatic carbocycles. The Labute approximate surface area is 131 Å². The van der Waals surface area contributed by atoms with Gasteiger partial charge in [0.1, 0.15) is 5.92 Å². The number of rotatable bonds is 4. The van der Waals surface area contributed by atoms with Crippen LogP contribution < -0.4 is 5.32 Å². The first-order chi connectivity index (χ1) is 9.97. The van der Waals surface area contributed by atoms with Crippen LogP contribution in [-0.4, -0.2) is 48.3 Å². The summed E-state index contributed by atoms with van der Waals surface area (Å²) >= 11 is 3.36. The second kappa shape index (κ2) is 6.91. The minimum absolute atomic E-state index is 0.136. The van der Waals surface area contributed by atoms with Gasteiger partial charge in [-0.3, -0.25) is 4.79 Å². The Balaban J connectivity index is 1.90. The minimum Gasteiger partial charge on any atom is -0.481 e. The van der Waals surface area contributed by atoms with Crippen LogP contribution in [0.3, 0.4) is 0 Å². The van der Waals surface area contributed by atoms with E-state index in [1.165, 1.54) is 4.90 Å². The first-order valence-electron chi connectivity index (χ1n) is 6.54. The van der Waals surface area contributed by atoms with Gasteiger partial charge in [-0.25, -0.2) is 4.79 Å². The molecule has 2 amide bonds. The Hall–Kier alpha value is -1.60. The highest BCUT2D eigenvalue weighted by atomic mass is 79.9. The zero-order valence-electron chi connectivity index (χ0n) is 11.6. The first kappa shape index (κ1) is 15.8. The summed E-state index contributed by atoms with van der Waals surface area (Å²) in [5.74, 6) is -1.64. The largest absolute Gasteiger partial charge is 0.481 e. The lowest BCUT2D eigenvalue weighted by atomic mass is 10.0. The molecule has 0 radical (unpaired) electrons. The van der Waals surface area contributed by atoms with Gasteiger partial charge >= 0.3 is 12.0 Å². The molecular formula is C14H17BrN2O4. The molecule has 2 atom stereocenters. The molecule has 2 N–H and O–H groups in total. The van der Waals surface area contributed by atoms with Crippen molar-refractivity contribution in [3.63, 3.8) is 0 Å². The van der Waals surface area contributed by atoms with Crippen LogP contribution in [0.4, 0.5) is 4.79 Å². The topological polar surface area (TPSA) is 78.9 Å². The fraction of sp³-hybridized carbons (Fsp3) is 0.429. The Morgan fingerprint density at radius 3 is 2.67 bits per heavy atom. The number of carbonyl (C=O) groups is 2. The summed E-state index contributed by atoms with van der Waals surface area (Å²) in [6.07, 6.45) is 0. The summed E-state index contributed by atoms with van der Waals surface area (Å²) in [6.45, 7) is 0.815. The van der Waals surface area contributed by atoms with Crippen molar-refractivity contribution in [2.45, 2.75) is 12.6 Å². The molecule has 2 unspecified atom stereocenters. The van der Waals surface area contributed by atoms with Crippen LogP contribution in [0, 0.1) is 5.92 Å². The van der Waals surface area contributed by atoms with Crippen molar-refractivity contribution >= 4 is 27.9 Å². The van der Waals surface area contributed by atoms with Crippen molar-refractivity contribution in [1.29, 1.82) is 0 Å². The average Bonchev–Trinajstić information content (AvgIpc) is 2.89. The van der Waals surface area contributed by atoms with Crippen LogP contribution in [0.2, 0.25) is 0 Å². The van der Waals surface area contributed by atoms with Crippen LogP contribution >= 0.6 is 15.9 Å². The number of benzene rings is 1. The molecule has 2 rings (SSSR count). The van der Waals surface area contributed by atoms with E-state index in [0.29, 0.717) is 6.54 Å². The Bertz CT molecular complexity index is 520. The van der Waals surface area contributed by atoms with E-state index in [0.717, 1.165) is 10.0 Å². The number of hydrogen-bond donors (Lipinski definition) is 2. The number of urea groups is 1. The van der Waals surface area contributed by atoms with E-state index in [1.807, 2.05) is 24.3 Å². The van der Waals surface area contributed by atoms with E-state index in [1.54, 1.807) is 7.05 Å². The maximum atomic E-state index is 12.1. The van der Waals surface area contributed by atoms with E-state index in [-0.39, 0.29) is 19.2 Å². The average molecular weight is 357 g/mol. The predicted octanol–water partition coefficient (Wildman–Crippen LogP) is 1.69. The van der Waals surface area contributed by atoms with E-state index < -0.39 is 17.9 Å². The molecule has 1 aliphatic heterocycles. The predicted molar refractivity (Wildman–Crippen MR) is 79.9 cm³/mol. The highest BCUT2D eigenvalue weighted by Crippen LogP contribution is 2.15. The van der Waals surface area contributed by atoms with Gasteiger partial charge in [0.25, 0.3) is 0 Å². The summed E-state index contributed by atoms with van der Waals surface area (Å²) in [4.78, 5) is 24.6. The second-order valence-electron chi connectivity index (χ2n) is 5.02. The molecule has 0 spiro atoms. The van der Waals surface area contributed by atoms with E-state index >= 15 is 0 Å². The van der Waals surface area contributed by atoms with Crippen LogP contribution in [0.1, 0.15) is 5.56 Å². The fourth-order valence-corrected chi connectivity index (χ4v) is 2.41. The van der Waals surface area contributed by atoms with Crippen LogP contribution in [0.15, 0.2) is 28.7 Å². The van der Waals surface area contributed by atoms with Gasteiger partial charge in [0.05, 0.1) is 19.3 Å². The summed E-state index contributed by atoms with van der Waals surface area (Å²) < 4.78 is 6.10. The lowest BCUT2D eigenvalue weighted by Gasteiger charge is -2.22. The molecule has 0 saturated carbocycles. The SMILES string of the molecule is CN(Cc1ccc(Br)cc1)C(=O)NC1COCC1C(=O)O. The smallest absolute Gasteiger partial charge is 0.317 e. The van der Waals surface area contributed by atoms with E-state index in [9.17, 15) is 9.59 Å². The lowest BCUT2D eigenvalue weighted by Crippen LogP contribution is -2.47. The number of amides is 2. The number of hydrogen-bond acceptors (Lipinski definition) is 3. The summed E-state index contributed by atoms with van der Waals surface area (Å²) in [6, 6.07) is 6.87. The van der Waals surface area contributed by atoms with Crippen molar-refractivity contribution in [2.75, 3.05) is 20.3 Å². The summed E-state index contributed by atoms with van der Waals surface area (Å²) in [7, 11) is 1.67. The van der Waals surface area contributed by atoms with Gasteiger partial charge in [-0.1, -0.05) is 28.1 Å². The molecule has 21 heavy (non-hydrogen) atoms. The number of carboxylic acid groups (broad SMARTS) is 1. The molecule has 0 aromatic heterocycles.